The van der Waals surface area contributed by atoms with Gasteiger partial charge in [0.2, 0.25) is 0 Å². The summed E-state index contributed by atoms with van der Waals surface area (Å²) in [6.07, 6.45) is 1.61. The number of ether oxygens (including phenoxy) is 1. The summed E-state index contributed by atoms with van der Waals surface area (Å²) in [5.74, 6) is 0.791. The first-order valence-corrected chi connectivity index (χ1v) is 4.38. The minimum Gasteiger partial charge on any atom is -0.618 e. The van der Waals surface area contributed by atoms with E-state index < -0.39 is 0 Å². The summed E-state index contributed by atoms with van der Waals surface area (Å²) in [6, 6.07) is 1.70. The van der Waals surface area contributed by atoms with Gasteiger partial charge in [-0.2, -0.15) is 4.73 Å². The summed E-state index contributed by atoms with van der Waals surface area (Å²) in [4.78, 5) is 0. The van der Waals surface area contributed by atoms with Gasteiger partial charge in [-0.3, -0.25) is 0 Å². The highest BCUT2D eigenvalue weighted by molar-refractivity contribution is 5.31. The lowest BCUT2D eigenvalue weighted by Gasteiger charge is -2.13. The van der Waals surface area contributed by atoms with Crippen molar-refractivity contribution in [2.24, 2.45) is 0 Å². The minimum absolute atomic E-state index is 0.139. The third-order valence-corrected chi connectivity index (χ3v) is 1.97. The van der Waals surface area contributed by atoms with Gasteiger partial charge in [0.15, 0.2) is 11.9 Å². The number of aromatic nitrogens is 1. The number of hydrogen-bond donors (Lipinski definition) is 0. The second-order valence-corrected chi connectivity index (χ2v) is 3.38. The molecule has 0 saturated carbocycles. The summed E-state index contributed by atoms with van der Waals surface area (Å²) >= 11 is 0. The fourth-order valence-corrected chi connectivity index (χ4v) is 1.10. The zero-order chi connectivity index (χ0) is 10.0. The van der Waals surface area contributed by atoms with Crippen molar-refractivity contribution >= 4 is 0 Å². The van der Waals surface area contributed by atoms with E-state index in [4.69, 9.17) is 4.74 Å². The van der Waals surface area contributed by atoms with Gasteiger partial charge in [0.05, 0.1) is 11.7 Å². The van der Waals surface area contributed by atoms with Crippen LogP contribution in [0, 0.1) is 19.1 Å². The fraction of sp³-hybridized carbons (Fsp3) is 0.500. The number of pyridine rings is 1. The number of hydrogen-bond acceptors (Lipinski definition) is 2. The molecule has 0 aromatic carbocycles. The average molecular weight is 181 g/mol. The van der Waals surface area contributed by atoms with Gasteiger partial charge in [0, 0.05) is 13.0 Å². The lowest BCUT2D eigenvalue weighted by molar-refractivity contribution is -0.612. The summed E-state index contributed by atoms with van der Waals surface area (Å²) < 4.78 is 6.38. The molecule has 0 bridgehead atoms. The fourth-order valence-electron chi connectivity index (χ4n) is 1.10. The van der Waals surface area contributed by atoms with E-state index in [1.807, 2.05) is 20.8 Å². The SMILES string of the molecule is Cc1c(OC(C)C)cc[n+]([O-])c1C. The van der Waals surface area contributed by atoms with E-state index in [-0.39, 0.29) is 6.10 Å². The van der Waals surface area contributed by atoms with Crippen LogP contribution in [-0.4, -0.2) is 6.10 Å². The Kier molecular flexibility index (Phi) is 2.76. The first-order valence-electron chi connectivity index (χ1n) is 4.38. The Balaban J connectivity index is 3.04. The maximum absolute atomic E-state index is 11.1. The molecule has 3 heteroatoms. The molecule has 0 saturated heterocycles. The van der Waals surface area contributed by atoms with E-state index in [2.05, 4.69) is 0 Å². The molecule has 13 heavy (non-hydrogen) atoms. The van der Waals surface area contributed by atoms with Crippen LogP contribution in [0.5, 0.6) is 5.75 Å². The topological polar surface area (TPSA) is 36.2 Å². The number of rotatable bonds is 2. The highest BCUT2D eigenvalue weighted by Crippen LogP contribution is 2.18. The molecule has 0 aliphatic heterocycles. The quantitative estimate of drug-likeness (QED) is 0.514. The highest BCUT2D eigenvalue weighted by Gasteiger charge is 2.10. The van der Waals surface area contributed by atoms with Gasteiger partial charge in [-0.05, 0) is 20.8 Å². The molecule has 1 aromatic rings. The van der Waals surface area contributed by atoms with Crippen molar-refractivity contribution in [1.82, 2.24) is 0 Å². The molecule has 0 aliphatic rings. The van der Waals surface area contributed by atoms with Gasteiger partial charge in [0.25, 0.3) is 0 Å². The Morgan fingerprint density at radius 3 is 2.54 bits per heavy atom. The van der Waals surface area contributed by atoms with Crippen LogP contribution in [0.3, 0.4) is 0 Å². The molecule has 0 unspecified atom stereocenters. The third kappa shape index (κ3) is 2.11. The largest absolute Gasteiger partial charge is 0.618 e. The van der Waals surface area contributed by atoms with Crippen LogP contribution >= 0.6 is 0 Å². The molecular formula is C10H15NO2. The molecular weight excluding hydrogens is 166 g/mol. The summed E-state index contributed by atoms with van der Waals surface area (Å²) in [7, 11) is 0. The minimum atomic E-state index is 0.139. The summed E-state index contributed by atoms with van der Waals surface area (Å²) in [6.45, 7) is 7.61. The first-order chi connectivity index (χ1) is 6.02. The lowest BCUT2D eigenvalue weighted by Crippen LogP contribution is -2.30. The van der Waals surface area contributed by atoms with Crippen LogP contribution in [0.25, 0.3) is 0 Å². The summed E-state index contributed by atoms with van der Waals surface area (Å²) in [5, 5.41) is 11.1. The van der Waals surface area contributed by atoms with Crippen molar-refractivity contribution in [3.05, 3.63) is 28.7 Å². The van der Waals surface area contributed by atoms with Gasteiger partial charge in [-0.1, -0.05) is 0 Å². The van der Waals surface area contributed by atoms with E-state index in [0.29, 0.717) is 5.69 Å². The predicted molar refractivity (Wildman–Crippen MR) is 50.6 cm³/mol. The van der Waals surface area contributed by atoms with Gasteiger partial charge in [-0.15, -0.1) is 0 Å². The van der Waals surface area contributed by atoms with Gasteiger partial charge >= 0.3 is 0 Å². The van der Waals surface area contributed by atoms with Crippen LogP contribution in [0.1, 0.15) is 25.1 Å². The molecule has 0 radical (unpaired) electrons. The molecule has 3 nitrogen and oxygen atoms in total. The molecule has 0 amide bonds. The summed E-state index contributed by atoms with van der Waals surface area (Å²) in [5.41, 5.74) is 1.60. The van der Waals surface area contributed by atoms with Crippen LogP contribution in [-0.2, 0) is 0 Å². The molecule has 0 spiro atoms. The Hall–Kier alpha value is -1.25. The molecule has 0 N–H and O–H groups in total. The van der Waals surface area contributed by atoms with E-state index in [1.54, 1.807) is 13.0 Å². The zero-order valence-corrected chi connectivity index (χ0v) is 8.50. The van der Waals surface area contributed by atoms with Gasteiger partial charge in [0.1, 0.15) is 5.75 Å². The second kappa shape index (κ2) is 3.64. The van der Waals surface area contributed by atoms with Crippen molar-refractivity contribution < 1.29 is 9.47 Å². The van der Waals surface area contributed by atoms with Crippen molar-refractivity contribution in [2.45, 2.75) is 33.8 Å². The molecule has 1 heterocycles. The molecule has 1 rings (SSSR count). The van der Waals surface area contributed by atoms with Crippen molar-refractivity contribution in [2.75, 3.05) is 0 Å². The Labute approximate surface area is 78.5 Å². The van der Waals surface area contributed by atoms with E-state index in [9.17, 15) is 5.21 Å². The Morgan fingerprint density at radius 1 is 1.38 bits per heavy atom. The monoisotopic (exact) mass is 181 g/mol. The smallest absolute Gasteiger partial charge is 0.196 e. The molecule has 0 fully saturated rings. The van der Waals surface area contributed by atoms with E-state index in [0.717, 1.165) is 16.0 Å². The molecule has 72 valence electrons. The normalized spacial score (nSPS) is 10.5. The van der Waals surface area contributed by atoms with E-state index in [1.165, 1.54) is 6.20 Å². The zero-order valence-electron chi connectivity index (χ0n) is 8.50. The van der Waals surface area contributed by atoms with Crippen molar-refractivity contribution in [1.29, 1.82) is 0 Å². The predicted octanol–water partition coefficient (Wildman–Crippen LogP) is 1.72. The highest BCUT2D eigenvalue weighted by atomic mass is 16.5. The second-order valence-electron chi connectivity index (χ2n) is 3.38. The van der Waals surface area contributed by atoms with Gasteiger partial charge < -0.3 is 9.94 Å². The first kappa shape index (κ1) is 9.84. The maximum Gasteiger partial charge on any atom is 0.196 e. The molecule has 0 atom stereocenters. The maximum atomic E-state index is 11.1. The van der Waals surface area contributed by atoms with Crippen LogP contribution in [0.15, 0.2) is 12.3 Å². The Bertz CT molecular complexity index is 308. The third-order valence-electron chi connectivity index (χ3n) is 1.97. The average Bonchev–Trinajstić information content (AvgIpc) is 2.06. The van der Waals surface area contributed by atoms with Crippen molar-refractivity contribution in [3.8, 4) is 5.75 Å². The standard InChI is InChI=1S/C10H15NO2/c1-7(2)13-10-5-6-11(12)9(4)8(10)3/h5-7H,1-4H3. The van der Waals surface area contributed by atoms with E-state index >= 15 is 0 Å². The molecule has 0 aliphatic carbocycles. The lowest BCUT2D eigenvalue weighted by atomic mass is 10.2. The van der Waals surface area contributed by atoms with Gasteiger partial charge in [-0.25, -0.2) is 0 Å². The van der Waals surface area contributed by atoms with Crippen LogP contribution in [0.2, 0.25) is 0 Å². The number of nitrogens with zero attached hydrogens (tertiary/aromatic N) is 1. The molecule has 1 aromatic heterocycles. The van der Waals surface area contributed by atoms with Crippen molar-refractivity contribution in [3.63, 3.8) is 0 Å². The Morgan fingerprint density at radius 2 is 2.00 bits per heavy atom. The van der Waals surface area contributed by atoms with Crippen LogP contribution in [0.4, 0.5) is 0 Å². The van der Waals surface area contributed by atoms with Crippen LogP contribution < -0.4 is 9.47 Å².